The highest BCUT2D eigenvalue weighted by molar-refractivity contribution is 5.92. The Morgan fingerprint density at radius 3 is 2.79 bits per heavy atom. The maximum atomic E-state index is 13.2. The molecule has 1 N–H and O–H groups in total. The summed E-state index contributed by atoms with van der Waals surface area (Å²) in [5.41, 5.74) is 2.87. The van der Waals surface area contributed by atoms with Crippen LogP contribution in [-0.2, 0) is 11.2 Å². The van der Waals surface area contributed by atoms with E-state index in [4.69, 9.17) is 0 Å². The number of nitrogens with one attached hydrogen (secondary N) is 1. The smallest absolute Gasteiger partial charge is 0.238 e. The number of carbonyl (C=O) groups is 1. The van der Waals surface area contributed by atoms with Crippen molar-refractivity contribution in [2.45, 2.75) is 25.3 Å². The summed E-state index contributed by atoms with van der Waals surface area (Å²) in [4.78, 5) is 14.2. The number of hydrogen-bond donors (Lipinski definition) is 1. The zero-order valence-electron chi connectivity index (χ0n) is 13.6. The van der Waals surface area contributed by atoms with Crippen LogP contribution < -0.4 is 5.32 Å². The van der Waals surface area contributed by atoms with Crippen LogP contribution in [0.5, 0.6) is 0 Å². The zero-order chi connectivity index (χ0) is 17.1. The Labute approximate surface area is 140 Å². The predicted octanol–water partition coefficient (Wildman–Crippen LogP) is 3.91. The van der Waals surface area contributed by atoms with E-state index in [1.165, 1.54) is 17.2 Å². The van der Waals surface area contributed by atoms with Gasteiger partial charge in [-0.3, -0.25) is 9.69 Å². The highest BCUT2D eigenvalue weighted by atomic mass is 19.2. The van der Waals surface area contributed by atoms with Gasteiger partial charge in [-0.1, -0.05) is 24.3 Å². The molecule has 0 saturated carbocycles. The molecule has 0 aromatic heterocycles. The second-order valence-corrected chi connectivity index (χ2v) is 6.20. The Bertz CT molecular complexity index is 748. The van der Waals surface area contributed by atoms with Crippen LogP contribution in [0.3, 0.4) is 0 Å². The number of aryl methyl sites for hydroxylation is 1. The van der Waals surface area contributed by atoms with E-state index in [0.29, 0.717) is 0 Å². The fraction of sp³-hybridized carbons (Fsp3) is 0.316. The van der Waals surface area contributed by atoms with E-state index < -0.39 is 11.6 Å². The minimum Gasteiger partial charge on any atom is -0.325 e. The zero-order valence-corrected chi connectivity index (χ0v) is 13.6. The molecule has 0 radical (unpaired) electrons. The second-order valence-electron chi connectivity index (χ2n) is 6.20. The molecule has 0 spiro atoms. The lowest BCUT2D eigenvalue weighted by Gasteiger charge is -2.32. The molecule has 1 atom stereocenters. The van der Waals surface area contributed by atoms with Crippen molar-refractivity contribution in [3.05, 3.63) is 65.2 Å². The summed E-state index contributed by atoms with van der Waals surface area (Å²) in [5.74, 6) is -2.14. The molecule has 0 aliphatic heterocycles. The van der Waals surface area contributed by atoms with Gasteiger partial charge >= 0.3 is 0 Å². The van der Waals surface area contributed by atoms with Crippen LogP contribution >= 0.6 is 0 Å². The Morgan fingerprint density at radius 1 is 1.21 bits per heavy atom. The molecule has 1 aliphatic carbocycles. The molecule has 24 heavy (non-hydrogen) atoms. The summed E-state index contributed by atoms with van der Waals surface area (Å²) in [6.07, 6.45) is 3.17. The van der Waals surface area contributed by atoms with E-state index in [-0.39, 0.29) is 24.2 Å². The molecule has 1 unspecified atom stereocenters. The molecule has 0 bridgehead atoms. The first kappa shape index (κ1) is 16.6. The molecule has 0 fully saturated rings. The third kappa shape index (κ3) is 3.62. The number of nitrogens with zero attached hydrogens (tertiary/aromatic N) is 1. The fourth-order valence-corrected chi connectivity index (χ4v) is 3.30. The first-order chi connectivity index (χ1) is 11.5. The van der Waals surface area contributed by atoms with Crippen LogP contribution in [0.1, 0.15) is 30.0 Å². The molecule has 3 rings (SSSR count). The van der Waals surface area contributed by atoms with Crippen LogP contribution in [0.4, 0.5) is 14.5 Å². The molecule has 126 valence electrons. The first-order valence-electron chi connectivity index (χ1n) is 8.07. The summed E-state index contributed by atoms with van der Waals surface area (Å²) < 4.78 is 26.1. The number of benzene rings is 2. The first-order valence-corrected chi connectivity index (χ1v) is 8.07. The van der Waals surface area contributed by atoms with E-state index in [1.54, 1.807) is 0 Å². The summed E-state index contributed by atoms with van der Waals surface area (Å²) in [6, 6.07) is 11.9. The number of likely N-dealkylation sites (N-methyl/N-ethyl adjacent to an activating group) is 1. The summed E-state index contributed by atoms with van der Waals surface area (Å²) in [7, 11) is 1.91. The average Bonchev–Trinajstić information content (AvgIpc) is 2.57. The van der Waals surface area contributed by atoms with Gasteiger partial charge in [0.25, 0.3) is 0 Å². The van der Waals surface area contributed by atoms with E-state index in [9.17, 15) is 13.6 Å². The van der Waals surface area contributed by atoms with Gasteiger partial charge in [0.1, 0.15) is 0 Å². The van der Waals surface area contributed by atoms with E-state index in [0.717, 1.165) is 31.4 Å². The lowest BCUT2D eigenvalue weighted by atomic mass is 9.87. The second kappa shape index (κ2) is 7.09. The van der Waals surface area contributed by atoms with Crippen LogP contribution in [0, 0.1) is 11.6 Å². The van der Waals surface area contributed by atoms with Crippen molar-refractivity contribution in [1.82, 2.24) is 4.90 Å². The van der Waals surface area contributed by atoms with Crippen molar-refractivity contribution in [2.24, 2.45) is 0 Å². The minimum absolute atomic E-state index is 0.192. The highest BCUT2D eigenvalue weighted by Gasteiger charge is 2.24. The van der Waals surface area contributed by atoms with Crippen LogP contribution in [0.2, 0.25) is 0 Å². The molecule has 2 aromatic rings. The summed E-state index contributed by atoms with van der Waals surface area (Å²) in [6.45, 7) is 0.192. The molecule has 5 heteroatoms. The van der Waals surface area contributed by atoms with Crippen LogP contribution in [0.25, 0.3) is 0 Å². The standard InChI is InChI=1S/C19H20F2N2O/c1-23(18-8-4-6-13-5-2-3-7-15(13)18)12-19(24)22-14-9-10-16(20)17(21)11-14/h2-3,5,7,9-11,18H,4,6,8,12H2,1H3,(H,22,24). The Balaban J connectivity index is 1.65. The van der Waals surface area contributed by atoms with Gasteiger partial charge in [0.2, 0.25) is 5.91 Å². The average molecular weight is 330 g/mol. The lowest BCUT2D eigenvalue weighted by molar-refractivity contribution is -0.117. The van der Waals surface area contributed by atoms with Crippen LogP contribution in [-0.4, -0.2) is 24.4 Å². The maximum Gasteiger partial charge on any atom is 0.238 e. The minimum atomic E-state index is -0.970. The van der Waals surface area contributed by atoms with E-state index in [2.05, 4.69) is 17.4 Å². The summed E-state index contributed by atoms with van der Waals surface area (Å²) in [5, 5.41) is 2.62. The van der Waals surface area contributed by atoms with Crippen molar-refractivity contribution < 1.29 is 13.6 Å². The topological polar surface area (TPSA) is 32.3 Å². The Morgan fingerprint density at radius 2 is 2.00 bits per heavy atom. The molecule has 3 nitrogen and oxygen atoms in total. The van der Waals surface area contributed by atoms with E-state index in [1.807, 2.05) is 24.1 Å². The molecular formula is C19H20F2N2O. The Kier molecular flexibility index (Phi) is 4.90. The van der Waals surface area contributed by atoms with Crippen molar-refractivity contribution in [3.8, 4) is 0 Å². The monoisotopic (exact) mass is 330 g/mol. The number of rotatable bonds is 4. The molecule has 1 amide bonds. The fourth-order valence-electron chi connectivity index (χ4n) is 3.30. The molecule has 0 heterocycles. The van der Waals surface area contributed by atoms with Crippen molar-refractivity contribution in [3.63, 3.8) is 0 Å². The number of carbonyl (C=O) groups excluding carboxylic acids is 1. The van der Waals surface area contributed by atoms with Gasteiger partial charge in [-0.2, -0.15) is 0 Å². The molecule has 2 aromatic carbocycles. The number of fused-ring (bicyclic) bond motifs is 1. The van der Waals surface area contributed by atoms with Crippen molar-refractivity contribution >= 4 is 11.6 Å². The highest BCUT2D eigenvalue weighted by Crippen LogP contribution is 2.33. The van der Waals surface area contributed by atoms with Crippen molar-refractivity contribution in [1.29, 1.82) is 0 Å². The number of anilines is 1. The van der Waals surface area contributed by atoms with Crippen molar-refractivity contribution in [2.75, 3.05) is 18.9 Å². The number of hydrogen-bond acceptors (Lipinski definition) is 2. The van der Waals surface area contributed by atoms with E-state index >= 15 is 0 Å². The third-order valence-electron chi connectivity index (χ3n) is 4.47. The quantitative estimate of drug-likeness (QED) is 0.922. The SMILES string of the molecule is CN(CC(=O)Nc1ccc(F)c(F)c1)C1CCCc2ccccc21. The predicted molar refractivity (Wildman–Crippen MR) is 89.7 cm³/mol. The van der Waals surface area contributed by atoms with Crippen LogP contribution in [0.15, 0.2) is 42.5 Å². The van der Waals surface area contributed by atoms with Gasteiger partial charge in [-0.05, 0) is 49.6 Å². The third-order valence-corrected chi connectivity index (χ3v) is 4.47. The van der Waals surface area contributed by atoms with Gasteiger partial charge in [-0.15, -0.1) is 0 Å². The van der Waals surface area contributed by atoms with Gasteiger partial charge in [-0.25, -0.2) is 8.78 Å². The maximum absolute atomic E-state index is 13.2. The number of amides is 1. The molecule has 0 saturated heterocycles. The largest absolute Gasteiger partial charge is 0.325 e. The summed E-state index contributed by atoms with van der Waals surface area (Å²) >= 11 is 0. The van der Waals surface area contributed by atoms with Gasteiger partial charge in [0.15, 0.2) is 11.6 Å². The van der Waals surface area contributed by atoms with Gasteiger partial charge in [0, 0.05) is 17.8 Å². The lowest BCUT2D eigenvalue weighted by Crippen LogP contribution is -2.34. The van der Waals surface area contributed by atoms with Gasteiger partial charge in [0.05, 0.1) is 6.54 Å². The number of halogens is 2. The molecular weight excluding hydrogens is 310 g/mol. The van der Waals surface area contributed by atoms with Gasteiger partial charge < -0.3 is 5.32 Å². The normalized spacial score (nSPS) is 16.8. The molecule has 1 aliphatic rings. The Hall–Kier alpha value is -2.27.